The predicted molar refractivity (Wildman–Crippen MR) is 159 cm³/mol. The molecule has 2 aromatic carbocycles. The first-order valence-electron chi connectivity index (χ1n) is 15.1. The van der Waals surface area contributed by atoms with E-state index in [1.807, 2.05) is 25.3 Å². The molecule has 1 aromatic heterocycles. The largest absolute Gasteiger partial charge is 0.376 e. The SMILES string of the molecule is Cc1ccn(-c2ccc(C(=O)N[C@@H]3CCC(F)(F)C[C@@H]3C(=O)N3CC[C@H]4C3c3cc(F)ccc3N[C@H]4C3=NC=CC3)cc2)n1. The summed E-state index contributed by atoms with van der Waals surface area (Å²) in [6, 6.07) is 11.7. The first kappa shape index (κ1) is 28.4. The van der Waals surface area contributed by atoms with Gasteiger partial charge < -0.3 is 15.5 Å². The van der Waals surface area contributed by atoms with Gasteiger partial charge in [0.05, 0.1) is 29.4 Å². The lowest BCUT2D eigenvalue weighted by Crippen LogP contribution is -2.53. The second-order valence-corrected chi connectivity index (χ2v) is 12.2. The second-order valence-electron chi connectivity index (χ2n) is 12.2. The van der Waals surface area contributed by atoms with E-state index in [2.05, 4.69) is 20.7 Å². The van der Waals surface area contributed by atoms with Gasteiger partial charge in [-0.15, -0.1) is 0 Å². The molecule has 7 rings (SSSR count). The van der Waals surface area contributed by atoms with Crippen molar-refractivity contribution in [1.29, 1.82) is 0 Å². The first-order valence-corrected chi connectivity index (χ1v) is 15.1. The van der Waals surface area contributed by atoms with Crippen LogP contribution in [0, 0.1) is 24.6 Å². The number of allylic oxidation sites excluding steroid dienone is 1. The van der Waals surface area contributed by atoms with Crippen molar-refractivity contribution >= 4 is 23.2 Å². The van der Waals surface area contributed by atoms with Crippen LogP contribution in [0.5, 0.6) is 0 Å². The van der Waals surface area contributed by atoms with Crippen LogP contribution in [0.25, 0.3) is 5.69 Å². The summed E-state index contributed by atoms with van der Waals surface area (Å²) in [5.41, 5.74) is 4.28. The molecule has 1 saturated heterocycles. The molecule has 44 heavy (non-hydrogen) atoms. The summed E-state index contributed by atoms with van der Waals surface area (Å²) in [7, 11) is 0. The van der Waals surface area contributed by atoms with Crippen LogP contribution < -0.4 is 10.6 Å². The highest BCUT2D eigenvalue weighted by Crippen LogP contribution is 2.49. The van der Waals surface area contributed by atoms with E-state index >= 15 is 0 Å². The van der Waals surface area contributed by atoms with Crippen molar-refractivity contribution in [2.75, 3.05) is 11.9 Å². The fraction of sp³-hybridized carbons (Fsp3) is 0.394. The molecule has 5 atom stereocenters. The Hall–Kier alpha value is -4.41. The van der Waals surface area contributed by atoms with E-state index in [1.165, 1.54) is 12.1 Å². The minimum atomic E-state index is -3.03. The molecule has 4 aliphatic rings. The van der Waals surface area contributed by atoms with E-state index in [9.17, 15) is 22.8 Å². The second kappa shape index (κ2) is 10.9. The zero-order valence-electron chi connectivity index (χ0n) is 24.2. The number of halogens is 3. The summed E-state index contributed by atoms with van der Waals surface area (Å²) in [4.78, 5) is 33.8. The van der Waals surface area contributed by atoms with E-state index in [-0.39, 0.29) is 18.4 Å². The highest BCUT2D eigenvalue weighted by Gasteiger charge is 2.52. The third kappa shape index (κ3) is 5.18. The summed E-state index contributed by atoms with van der Waals surface area (Å²) in [6.45, 7) is 2.23. The molecular formula is C33H33F3N6O2. The highest BCUT2D eigenvalue weighted by molar-refractivity contribution is 5.97. The molecule has 2 N–H and O–H groups in total. The number of alkyl halides is 2. The molecule has 3 aromatic rings. The van der Waals surface area contributed by atoms with Crippen LogP contribution in [-0.4, -0.2) is 56.8 Å². The van der Waals surface area contributed by atoms with Gasteiger partial charge in [0.25, 0.3) is 5.91 Å². The van der Waals surface area contributed by atoms with Crippen LogP contribution in [0.3, 0.4) is 0 Å². The van der Waals surface area contributed by atoms with Crippen molar-refractivity contribution < 1.29 is 22.8 Å². The van der Waals surface area contributed by atoms with Gasteiger partial charge >= 0.3 is 0 Å². The number of nitrogens with zero attached hydrogens (tertiary/aromatic N) is 4. The monoisotopic (exact) mass is 602 g/mol. The number of fused-ring (bicyclic) bond motifs is 3. The number of carbonyl (C=O) groups is 2. The van der Waals surface area contributed by atoms with E-state index in [0.29, 0.717) is 36.2 Å². The average Bonchev–Trinajstić information content (AvgIpc) is 3.79. The molecule has 4 heterocycles. The molecule has 11 heteroatoms. The number of aromatic nitrogens is 2. The van der Waals surface area contributed by atoms with Gasteiger partial charge in [0, 0.05) is 72.7 Å². The Morgan fingerprint density at radius 3 is 2.64 bits per heavy atom. The molecule has 0 spiro atoms. The molecule has 1 saturated carbocycles. The maximum Gasteiger partial charge on any atom is 0.251 e. The summed E-state index contributed by atoms with van der Waals surface area (Å²) >= 11 is 0. The van der Waals surface area contributed by atoms with E-state index in [1.54, 1.807) is 46.1 Å². The van der Waals surface area contributed by atoms with Gasteiger partial charge in [0.2, 0.25) is 11.8 Å². The summed E-state index contributed by atoms with van der Waals surface area (Å²) in [6.07, 6.45) is 5.73. The van der Waals surface area contributed by atoms with Crippen LogP contribution in [0.15, 0.2) is 72.0 Å². The Kier molecular flexibility index (Phi) is 7.05. The number of anilines is 1. The number of nitrogens with one attached hydrogen (secondary N) is 2. The number of amides is 2. The summed E-state index contributed by atoms with van der Waals surface area (Å²) < 4.78 is 45.9. The summed E-state index contributed by atoms with van der Waals surface area (Å²) in [5, 5.41) is 10.8. The van der Waals surface area contributed by atoms with Gasteiger partial charge in [-0.1, -0.05) is 6.08 Å². The normalized spacial score (nSPS) is 26.9. The number of likely N-dealkylation sites (tertiary alicyclic amines) is 1. The molecule has 0 bridgehead atoms. The number of carbonyl (C=O) groups excluding carboxylic acids is 2. The topological polar surface area (TPSA) is 91.6 Å². The lowest BCUT2D eigenvalue weighted by atomic mass is 9.78. The molecule has 228 valence electrons. The third-order valence-electron chi connectivity index (χ3n) is 9.41. The Balaban J connectivity index is 1.14. The number of rotatable bonds is 5. The van der Waals surface area contributed by atoms with Crippen molar-refractivity contribution in [2.24, 2.45) is 16.8 Å². The highest BCUT2D eigenvalue weighted by atomic mass is 19.3. The van der Waals surface area contributed by atoms with Gasteiger partial charge in [-0.05, 0) is 68.3 Å². The van der Waals surface area contributed by atoms with Crippen LogP contribution in [-0.2, 0) is 4.79 Å². The molecule has 3 aliphatic heterocycles. The van der Waals surface area contributed by atoms with Crippen LogP contribution in [0.1, 0.15) is 59.8 Å². The Morgan fingerprint density at radius 2 is 1.91 bits per heavy atom. The number of hydrogen-bond acceptors (Lipinski definition) is 5. The zero-order chi connectivity index (χ0) is 30.6. The van der Waals surface area contributed by atoms with Crippen molar-refractivity contribution in [3.8, 4) is 5.69 Å². The summed E-state index contributed by atoms with van der Waals surface area (Å²) in [5.74, 6) is -5.54. The fourth-order valence-corrected chi connectivity index (χ4v) is 7.26. The Labute approximate surface area is 253 Å². The average molecular weight is 603 g/mol. The van der Waals surface area contributed by atoms with Gasteiger partial charge in [0.1, 0.15) is 5.82 Å². The number of aryl methyl sites for hydroxylation is 1. The fourth-order valence-electron chi connectivity index (χ4n) is 7.26. The van der Waals surface area contributed by atoms with E-state index in [0.717, 1.165) is 17.1 Å². The van der Waals surface area contributed by atoms with Gasteiger partial charge in [-0.3, -0.25) is 14.6 Å². The minimum Gasteiger partial charge on any atom is -0.376 e. The Bertz CT molecular complexity index is 1670. The van der Waals surface area contributed by atoms with Crippen LogP contribution in [0.4, 0.5) is 18.9 Å². The predicted octanol–water partition coefficient (Wildman–Crippen LogP) is 5.60. The van der Waals surface area contributed by atoms with Crippen molar-refractivity contribution in [3.05, 3.63) is 89.6 Å². The van der Waals surface area contributed by atoms with Crippen molar-refractivity contribution in [3.63, 3.8) is 0 Å². The number of benzene rings is 2. The van der Waals surface area contributed by atoms with Gasteiger partial charge in [-0.25, -0.2) is 17.9 Å². The molecule has 8 nitrogen and oxygen atoms in total. The molecule has 2 fully saturated rings. The molecule has 2 amide bonds. The smallest absolute Gasteiger partial charge is 0.251 e. The van der Waals surface area contributed by atoms with Crippen LogP contribution >= 0.6 is 0 Å². The molecular weight excluding hydrogens is 569 g/mol. The first-order chi connectivity index (χ1) is 21.2. The number of hydrogen-bond donors (Lipinski definition) is 2. The van der Waals surface area contributed by atoms with Crippen molar-refractivity contribution in [1.82, 2.24) is 20.0 Å². The quantitative estimate of drug-likeness (QED) is 0.398. The Morgan fingerprint density at radius 1 is 1.09 bits per heavy atom. The maximum absolute atomic E-state index is 14.9. The van der Waals surface area contributed by atoms with Gasteiger partial charge in [0.15, 0.2) is 0 Å². The lowest BCUT2D eigenvalue weighted by molar-refractivity contribution is -0.145. The zero-order valence-corrected chi connectivity index (χ0v) is 24.2. The van der Waals surface area contributed by atoms with Crippen molar-refractivity contribution in [2.45, 2.75) is 63.1 Å². The van der Waals surface area contributed by atoms with Gasteiger partial charge in [-0.2, -0.15) is 5.10 Å². The standard InChI is InChI=1S/C33H33F3N6O2/c1-19-11-16-42(40-19)22-7-4-20(5-8-22)31(43)39-27-10-13-33(35,36)18-25(27)32(44)41-15-12-23-29(28-3-2-14-37-28)38-26-9-6-21(34)17-24(26)30(23)41/h2,4-9,11,14,16-17,23,25,27,29-30,38H,3,10,12-13,15,18H2,1H3,(H,39,43)/t23-,25+,27-,29-,30?/m1/s1. The molecule has 1 unspecified atom stereocenters. The maximum atomic E-state index is 14.9. The number of aliphatic imine (C=N–C) groups is 1. The minimum absolute atomic E-state index is 0.0282. The lowest BCUT2D eigenvalue weighted by Gasteiger charge is -2.42. The van der Waals surface area contributed by atoms with E-state index < -0.39 is 54.4 Å². The third-order valence-corrected chi connectivity index (χ3v) is 9.41. The van der Waals surface area contributed by atoms with E-state index in [4.69, 9.17) is 0 Å². The molecule has 0 radical (unpaired) electrons. The molecule has 1 aliphatic carbocycles. The van der Waals surface area contributed by atoms with Crippen LogP contribution in [0.2, 0.25) is 0 Å².